The zero-order chi connectivity index (χ0) is 15.3. The van der Waals surface area contributed by atoms with Crippen LogP contribution >= 0.6 is 0 Å². The molecule has 1 amide bonds. The summed E-state index contributed by atoms with van der Waals surface area (Å²) in [6, 6.07) is 6.18. The lowest BCUT2D eigenvalue weighted by Gasteiger charge is -2.22. The molecule has 0 saturated heterocycles. The van der Waals surface area contributed by atoms with Gasteiger partial charge in [0.2, 0.25) is 0 Å². The second-order valence-corrected chi connectivity index (χ2v) is 5.88. The molecule has 3 nitrogen and oxygen atoms in total. The molecule has 0 spiro atoms. The van der Waals surface area contributed by atoms with Crippen molar-refractivity contribution in [1.82, 2.24) is 5.32 Å². The predicted octanol–water partition coefficient (Wildman–Crippen LogP) is 3.62. The van der Waals surface area contributed by atoms with Gasteiger partial charge in [0.1, 0.15) is 5.75 Å². The maximum absolute atomic E-state index is 12.2. The van der Waals surface area contributed by atoms with E-state index >= 15 is 0 Å². The van der Waals surface area contributed by atoms with E-state index in [1.807, 2.05) is 39.8 Å². The third-order valence-corrected chi connectivity index (χ3v) is 3.51. The van der Waals surface area contributed by atoms with Gasteiger partial charge in [0.15, 0.2) is 6.10 Å². The van der Waals surface area contributed by atoms with E-state index < -0.39 is 6.10 Å². The largest absolute Gasteiger partial charge is 0.481 e. The van der Waals surface area contributed by atoms with Crippen LogP contribution in [0.2, 0.25) is 0 Å². The van der Waals surface area contributed by atoms with Crippen LogP contribution in [-0.4, -0.2) is 18.1 Å². The van der Waals surface area contributed by atoms with Crippen LogP contribution < -0.4 is 10.1 Å². The first-order valence-corrected chi connectivity index (χ1v) is 7.38. The highest BCUT2D eigenvalue weighted by Gasteiger charge is 2.21. The zero-order valence-electron chi connectivity index (χ0n) is 13.5. The number of hydrogen-bond acceptors (Lipinski definition) is 2. The Morgan fingerprint density at radius 3 is 2.15 bits per heavy atom. The molecule has 0 saturated carbocycles. The van der Waals surface area contributed by atoms with E-state index in [-0.39, 0.29) is 11.9 Å². The molecule has 3 heteroatoms. The molecule has 0 aliphatic rings. The van der Waals surface area contributed by atoms with Gasteiger partial charge in [-0.1, -0.05) is 26.8 Å². The molecule has 2 atom stereocenters. The van der Waals surface area contributed by atoms with E-state index in [1.165, 1.54) is 0 Å². The van der Waals surface area contributed by atoms with Crippen LogP contribution in [0.1, 0.15) is 45.2 Å². The van der Waals surface area contributed by atoms with E-state index in [4.69, 9.17) is 4.74 Å². The van der Waals surface area contributed by atoms with E-state index in [0.717, 1.165) is 16.9 Å². The lowest BCUT2D eigenvalue weighted by Crippen LogP contribution is -2.44. The van der Waals surface area contributed by atoms with Gasteiger partial charge in [-0.15, -0.1) is 0 Å². The minimum Gasteiger partial charge on any atom is -0.481 e. The summed E-state index contributed by atoms with van der Waals surface area (Å²) in [5.41, 5.74) is 2.29. The Balaban J connectivity index is 2.73. The Labute approximate surface area is 122 Å². The molecule has 20 heavy (non-hydrogen) atoms. The highest BCUT2D eigenvalue weighted by Crippen LogP contribution is 2.18. The van der Waals surface area contributed by atoms with Crippen molar-refractivity contribution in [1.29, 1.82) is 0 Å². The van der Waals surface area contributed by atoms with Crippen LogP contribution in [0.15, 0.2) is 18.2 Å². The van der Waals surface area contributed by atoms with Crippen molar-refractivity contribution < 1.29 is 9.53 Å². The van der Waals surface area contributed by atoms with Crippen molar-refractivity contribution in [3.63, 3.8) is 0 Å². The number of ether oxygens (including phenoxy) is 1. The van der Waals surface area contributed by atoms with Crippen LogP contribution in [0.4, 0.5) is 0 Å². The molecule has 0 radical (unpaired) electrons. The summed E-state index contributed by atoms with van der Waals surface area (Å²) in [6.07, 6.45) is 0.223. The number of carbonyl (C=O) groups is 1. The fraction of sp³-hybridized carbons (Fsp3) is 0.588. The van der Waals surface area contributed by atoms with Crippen molar-refractivity contribution in [3.05, 3.63) is 29.3 Å². The fourth-order valence-corrected chi connectivity index (χ4v) is 1.97. The molecular weight excluding hydrogens is 250 g/mol. The zero-order valence-corrected chi connectivity index (χ0v) is 13.5. The number of carbonyl (C=O) groups excluding carboxylic acids is 1. The van der Waals surface area contributed by atoms with Gasteiger partial charge in [0.05, 0.1) is 0 Å². The van der Waals surface area contributed by atoms with Crippen molar-refractivity contribution in [2.24, 2.45) is 5.92 Å². The smallest absolute Gasteiger partial charge is 0.261 e. The Morgan fingerprint density at radius 1 is 1.15 bits per heavy atom. The van der Waals surface area contributed by atoms with Crippen LogP contribution in [-0.2, 0) is 4.79 Å². The molecule has 1 rings (SSSR count). The van der Waals surface area contributed by atoms with Crippen molar-refractivity contribution in [2.75, 3.05) is 0 Å². The van der Waals surface area contributed by atoms with E-state index in [1.54, 1.807) is 0 Å². The monoisotopic (exact) mass is 277 g/mol. The average molecular weight is 277 g/mol. The lowest BCUT2D eigenvalue weighted by molar-refractivity contribution is -0.129. The fourth-order valence-electron chi connectivity index (χ4n) is 1.97. The molecular formula is C17H27NO2. The van der Waals surface area contributed by atoms with E-state index in [0.29, 0.717) is 12.3 Å². The van der Waals surface area contributed by atoms with Crippen molar-refractivity contribution in [2.45, 2.75) is 60.1 Å². The SMILES string of the molecule is CC[C@@H](Oc1cc(C)cc(C)c1)C(=O)N[C@H](C)C(C)C. The van der Waals surface area contributed by atoms with Crippen molar-refractivity contribution in [3.8, 4) is 5.75 Å². The van der Waals surface area contributed by atoms with Gasteiger partial charge >= 0.3 is 0 Å². The molecule has 1 N–H and O–H groups in total. The van der Waals surface area contributed by atoms with Gasteiger partial charge in [-0.05, 0) is 56.4 Å². The highest BCUT2D eigenvalue weighted by atomic mass is 16.5. The van der Waals surface area contributed by atoms with Gasteiger partial charge < -0.3 is 10.1 Å². The second kappa shape index (κ2) is 7.32. The van der Waals surface area contributed by atoms with Gasteiger partial charge in [0, 0.05) is 6.04 Å². The van der Waals surface area contributed by atoms with Crippen molar-refractivity contribution >= 4 is 5.91 Å². The molecule has 1 aromatic carbocycles. The van der Waals surface area contributed by atoms with Crippen LogP contribution in [0.3, 0.4) is 0 Å². The molecule has 0 bridgehead atoms. The minimum atomic E-state index is -0.433. The number of hydrogen-bond donors (Lipinski definition) is 1. The van der Waals surface area contributed by atoms with Crippen LogP contribution in [0.5, 0.6) is 5.75 Å². The van der Waals surface area contributed by atoms with Gasteiger partial charge in [-0.3, -0.25) is 4.79 Å². The molecule has 1 aromatic rings. The van der Waals surface area contributed by atoms with Gasteiger partial charge in [0.25, 0.3) is 5.91 Å². The molecule has 112 valence electrons. The summed E-state index contributed by atoms with van der Waals surface area (Å²) in [6.45, 7) is 12.2. The number of rotatable bonds is 6. The van der Waals surface area contributed by atoms with E-state index in [2.05, 4.69) is 25.2 Å². The summed E-state index contributed by atoms with van der Waals surface area (Å²) >= 11 is 0. The summed E-state index contributed by atoms with van der Waals surface area (Å²) < 4.78 is 5.86. The third kappa shape index (κ3) is 4.87. The number of amides is 1. The van der Waals surface area contributed by atoms with Crippen LogP contribution in [0.25, 0.3) is 0 Å². The second-order valence-electron chi connectivity index (χ2n) is 5.88. The van der Waals surface area contributed by atoms with E-state index in [9.17, 15) is 4.79 Å². The third-order valence-electron chi connectivity index (χ3n) is 3.51. The lowest BCUT2D eigenvalue weighted by atomic mass is 10.1. The molecule has 0 unspecified atom stereocenters. The van der Waals surface area contributed by atoms with Crippen LogP contribution in [0, 0.1) is 19.8 Å². The topological polar surface area (TPSA) is 38.3 Å². The standard InChI is InChI=1S/C17H27NO2/c1-7-16(17(19)18-14(6)11(2)3)20-15-9-12(4)8-13(5)10-15/h8-11,14,16H,7H2,1-6H3,(H,18,19)/t14-,16-/m1/s1. The maximum Gasteiger partial charge on any atom is 0.261 e. The quantitative estimate of drug-likeness (QED) is 0.862. The first kappa shape index (κ1) is 16.5. The number of nitrogens with one attached hydrogen (secondary N) is 1. The minimum absolute atomic E-state index is 0.0344. The summed E-state index contributed by atoms with van der Waals surface area (Å²) in [4.78, 5) is 12.2. The molecule has 0 aliphatic heterocycles. The normalized spacial score (nSPS) is 13.9. The highest BCUT2D eigenvalue weighted by molar-refractivity contribution is 5.81. The van der Waals surface area contributed by atoms with Gasteiger partial charge in [-0.2, -0.15) is 0 Å². The summed E-state index contributed by atoms with van der Waals surface area (Å²) in [5, 5.41) is 3.02. The molecule has 0 aliphatic carbocycles. The number of aryl methyl sites for hydroxylation is 2. The Kier molecular flexibility index (Phi) is 6.05. The average Bonchev–Trinajstić information content (AvgIpc) is 2.34. The maximum atomic E-state index is 12.2. The Hall–Kier alpha value is -1.51. The van der Waals surface area contributed by atoms with Gasteiger partial charge in [-0.25, -0.2) is 0 Å². The Morgan fingerprint density at radius 2 is 1.70 bits per heavy atom. The summed E-state index contributed by atoms with van der Waals surface area (Å²) in [7, 11) is 0. The predicted molar refractivity (Wildman–Crippen MR) is 83.1 cm³/mol. The summed E-state index contributed by atoms with van der Waals surface area (Å²) in [5.74, 6) is 1.15. The first-order chi connectivity index (χ1) is 9.33. The Bertz CT molecular complexity index is 434. The first-order valence-electron chi connectivity index (χ1n) is 7.38. The molecule has 0 aromatic heterocycles. The molecule has 0 heterocycles. The molecule has 0 fully saturated rings. The number of benzene rings is 1.